The second-order valence-corrected chi connectivity index (χ2v) is 6.80. The average Bonchev–Trinajstić information content (AvgIpc) is 2.62. The number of hydrogen-bond donors (Lipinski definition) is 0. The van der Waals surface area contributed by atoms with Crippen molar-refractivity contribution in [3.63, 3.8) is 0 Å². The Balaban J connectivity index is 1.71. The van der Waals surface area contributed by atoms with Crippen LogP contribution in [0, 0.1) is 5.41 Å². The lowest BCUT2D eigenvalue weighted by Crippen LogP contribution is -2.56. The molecule has 0 bridgehead atoms. The largest absolute Gasteiger partial charge is 0.481 e. The molecule has 0 radical (unpaired) electrons. The molecule has 0 spiro atoms. The van der Waals surface area contributed by atoms with Gasteiger partial charge in [0.2, 0.25) is 5.88 Å². The van der Waals surface area contributed by atoms with Crippen molar-refractivity contribution in [2.75, 3.05) is 40.0 Å². The van der Waals surface area contributed by atoms with Crippen molar-refractivity contribution in [3.05, 3.63) is 36.5 Å². The third kappa shape index (κ3) is 3.79. The van der Waals surface area contributed by atoms with Gasteiger partial charge in [-0.15, -0.1) is 6.58 Å². The van der Waals surface area contributed by atoms with Crippen molar-refractivity contribution < 1.29 is 14.2 Å². The van der Waals surface area contributed by atoms with Crippen molar-refractivity contribution in [3.8, 4) is 5.88 Å². The molecule has 2 saturated heterocycles. The Bertz CT molecular complexity index is 551. The maximum absolute atomic E-state index is 6.09. The van der Waals surface area contributed by atoms with Crippen LogP contribution in [-0.4, -0.2) is 56.0 Å². The van der Waals surface area contributed by atoms with E-state index < -0.39 is 0 Å². The number of methoxy groups -OCH3 is 1. The Hall–Kier alpha value is -1.43. The highest BCUT2D eigenvalue weighted by Crippen LogP contribution is 2.41. The maximum Gasteiger partial charge on any atom is 0.217 e. The Kier molecular flexibility index (Phi) is 5.87. The third-order valence-corrected chi connectivity index (χ3v) is 5.13. The third-order valence-electron chi connectivity index (χ3n) is 5.13. The summed E-state index contributed by atoms with van der Waals surface area (Å²) in [6, 6.07) is 4.06. The quantitative estimate of drug-likeness (QED) is 0.567. The summed E-state index contributed by atoms with van der Waals surface area (Å²) in [5, 5.41) is 0. The van der Waals surface area contributed by atoms with Crippen LogP contribution in [0.2, 0.25) is 0 Å². The van der Waals surface area contributed by atoms with Gasteiger partial charge in [-0.2, -0.15) is 0 Å². The Labute approximate surface area is 144 Å². The predicted octanol–water partition coefficient (Wildman–Crippen LogP) is 2.66. The van der Waals surface area contributed by atoms with E-state index in [0.717, 1.165) is 63.6 Å². The van der Waals surface area contributed by atoms with Crippen LogP contribution >= 0.6 is 0 Å². The molecule has 2 aliphatic rings. The molecule has 5 heteroatoms. The molecule has 2 unspecified atom stereocenters. The average molecular weight is 332 g/mol. The minimum absolute atomic E-state index is 0.0922. The Morgan fingerprint density at radius 1 is 1.54 bits per heavy atom. The molecular formula is C19H28N2O3. The van der Waals surface area contributed by atoms with E-state index in [2.05, 4.69) is 22.5 Å². The summed E-state index contributed by atoms with van der Waals surface area (Å²) in [5.74, 6) is 0.719. The summed E-state index contributed by atoms with van der Waals surface area (Å²) in [5.41, 5.74) is 1.23. The summed E-state index contributed by atoms with van der Waals surface area (Å²) in [7, 11) is 1.68. The predicted molar refractivity (Wildman–Crippen MR) is 93.1 cm³/mol. The van der Waals surface area contributed by atoms with Gasteiger partial charge in [-0.05, 0) is 25.3 Å². The molecule has 0 aromatic carbocycles. The van der Waals surface area contributed by atoms with Crippen molar-refractivity contribution in [1.82, 2.24) is 9.88 Å². The van der Waals surface area contributed by atoms with Gasteiger partial charge in [0.1, 0.15) is 0 Å². The lowest BCUT2D eigenvalue weighted by atomic mass is 9.73. The number of pyridine rings is 1. The van der Waals surface area contributed by atoms with Crippen LogP contribution in [-0.2, 0) is 16.0 Å². The van der Waals surface area contributed by atoms with Gasteiger partial charge in [-0.1, -0.05) is 12.1 Å². The maximum atomic E-state index is 6.09. The zero-order valence-corrected chi connectivity index (χ0v) is 14.6. The van der Waals surface area contributed by atoms with Crippen LogP contribution in [0.1, 0.15) is 24.8 Å². The van der Waals surface area contributed by atoms with E-state index in [1.54, 1.807) is 13.3 Å². The number of nitrogens with zero attached hydrogens (tertiary/aromatic N) is 2. The van der Waals surface area contributed by atoms with Gasteiger partial charge in [0.15, 0.2) is 0 Å². The number of piperidine rings is 1. The molecule has 3 heterocycles. The summed E-state index contributed by atoms with van der Waals surface area (Å²) >= 11 is 0. The van der Waals surface area contributed by atoms with Gasteiger partial charge >= 0.3 is 0 Å². The lowest BCUT2D eigenvalue weighted by molar-refractivity contribution is -0.152. The molecule has 2 atom stereocenters. The number of hydrogen-bond acceptors (Lipinski definition) is 5. The van der Waals surface area contributed by atoms with Gasteiger partial charge in [-0.3, -0.25) is 4.90 Å². The summed E-state index contributed by atoms with van der Waals surface area (Å²) in [4.78, 5) is 6.80. The summed E-state index contributed by atoms with van der Waals surface area (Å²) in [6.07, 6.45) is 7.22. The fraction of sp³-hybridized carbons (Fsp3) is 0.632. The molecule has 132 valence electrons. The van der Waals surface area contributed by atoms with Gasteiger partial charge < -0.3 is 14.2 Å². The number of aromatic nitrogens is 1. The minimum atomic E-state index is 0.0922. The van der Waals surface area contributed by atoms with Crippen LogP contribution in [0.15, 0.2) is 31.0 Å². The molecule has 2 aliphatic heterocycles. The molecule has 1 aromatic heterocycles. The van der Waals surface area contributed by atoms with Crippen LogP contribution in [0.4, 0.5) is 0 Å². The zero-order chi connectivity index (χ0) is 16.8. The van der Waals surface area contributed by atoms with E-state index in [0.29, 0.717) is 12.7 Å². The standard InChI is InChI=1S/C19H28N2O3/c1-3-11-23-15-19-8-5-12-24-17(19)7-10-21(14-19)13-16-6-4-9-20-18(16)22-2/h3-4,6,9,17H,1,5,7-8,10-15H2,2H3. The highest BCUT2D eigenvalue weighted by atomic mass is 16.5. The van der Waals surface area contributed by atoms with Crippen LogP contribution in [0.3, 0.4) is 0 Å². The minimum Gasteiger partial charge on any atom is -0.481 e. The summed E-state index contributed by atoms with van der Waals surface area (Å²) in [6.45, 7) is 8.85. The lowest BCUT2D eigenvalue weighted by Gasteiger charge is -2.50. The fourth-order valence-corrected chi connectivity index (χ4v) is 4.04. The van der Waals surface area contributed by atoms with E-state index in [1.165, 1.54) is 0 Å². The molecule has 0 saturated carbocycles. The smallest absolute Gasteiger partial charge is 0.217 e. The van der Waals surface area contributed by atoms with Crippen molar-refractivity contribution >= 4 is 0 Å². The summed E-state index contributed by atoms with van der Waals surface area (Å²) < 4.78 is 17.4. The number of likely N-dealkylation sites (tertiary alicyclic amines) is 1. The second-order valence-electron chi connectivity index (χ2n) is 6.80. The van der Waals surface area contributed by atoms with Crippen LogP contribution < -0.4 is 4.74 Å². The number of ether oxygens (including phenoxy) is 3. The van der Waals surface area contributed by atoms with E-state index in [4.69, 9.17) is 14.2 Å². The van der Waals surface area contributed by atoms with Gasteiger partial charge in [-0.25, -0.2) is 4.98 Å². The zero-order valence-electron chi connectivity index (χ0n) is 14.6. The second kappa shape index (κ2) is 8.10. The van der Waals surface area contributed by atoms with Gasteiger partial charge in [0.05, 0.1) is 26.4 Å². The first-order valence-corrected chi connectivity index (χ1v) is 8.78. The van der Waals surface area contributed by atoms with Gasteiger partial charge in [0, 0.05) is 43.4 Å². The monoisotopic (exact) mass is 332 g/mol. The molecule has 0 N–H and O–H groups in total. The molecule has 1 aromatic rings. The molecular weight excluding hydrogens is 304 g/mol. The van der Waals surface area contributed by atoms with Gasteiger partial charge in [0.25, 0.3) is 0 Å². The van der Waals surface area contributed by atoms with Crippen LogP contribution in [0.25, 0.3) is 0 Å². The Morgan fingerprint density at radius 2 is 2.46 bits per heavy atom. The van der Waals surface area contributed by atoms with Crippen LogP contribution in [0.5, 0.6) is 5.88 Å². The van der Waals surface area contributed by atoms with Crippen molar-refractivity contribution in [1.29, 1.82) is 0 Å². The first-order chi connectivity index (χ1) is 11.8. The normalized spacial score (nSPS) is 27.5. The van der Waals surface area contributed by atoms with E-state index in [1.807, 2.05) is 12.1 Å². The SMILES string of the molecule is C=CCOCC12CCCOC1CCN(Cc1cccnc1OC)C2. The molecule has 0 amide bonds. The molecule has 0 aliphatic carbocycles. The highest BCUT2D eigenvalue weighted by molar-refractivity contribution is 5.25. The first kappa shape index (κ1) is 17.4. The van der Waals surface area contributed by atoms with Crippen molar-refractivity contribution in [2.45, 2.75) is 31.9 Å². The number of rotatable bonds is 7. The molecule has 5 nitrogen and oxygen atoms in total. The van der Waals surface area contributed by atoms with Crippen molar-refractivity contribution in [2.24, 2.45) is 5.41 Å². The van der Waals surface area contributed by atoms with E-state index in [9.17, 15) is 0 Å². The molecule has 3 rings (SSSR count). The molecule has 2 fully saturated rings. The highest BCUT2D eigenvalue weighted by Gasteiger charge is 2.46. The number of fused-ring (bicyclic) bond motifs is 1. The molecule has 24 heavy (non-hydrogen) atoms. The topological polar surface area (TPSA) is 43.8 Å². The first-order valence-electron chi connectivity index (χ1n) is 8.78. The van der Waals surface area contributed by atoms with E-state index >= 15 is 0 Å². The van der Waals surface area contributed by atoms with E-state index in [-0.39, 0.29) is 5.41 Å². The fourth-order valence-electron chi connectivity index (χ4n) is 4.04. The Morgan fingerprint density at radius 3 is 3.29 bits per heavy atom.